The summed E-state index contributed by atoms with van der Waals surface area (Å²) in [5, 5.41) is 3.14. The zero-order valence-electron chi connectivity index (χ0n) is 13.9. The van der Waals surface area contributed by atoms with Crippen molar-refractivity contribution in [1.29, 1.82) is 0 Å². The molecule has 1 aromatic heterocycles. The first-order valence-corrected chi connectivity index (χ1v) is 8.10. The lowest BCUT2D eigenvalue weighted by molar-refractivity contribution is -0.00948. The molecule has 2 aromatic rings. The highest BCUT2D eigenvalue weighted by Gasteiger charge is 2.30. The molecule has 4 nitrogen and oxygen atoms in total. The molecular weight excluding hydrogens is 290 g/mol. The normalized spacial score (nSPS) is 21.2. The Hall–Kier alpha value is -2.07. The van der Waals surface area contributed by atoms with E-state index in [2.05, 4.69) is 36.5 Å². The summed E-state index contributed by atoms with van der Waals surface area (Å²) < 4.78 is 11.3. The standard InChI is InChI=1S/C19H23NO3/c1-12-6-8-15(9-7-12)18-16(5-4-10-22-18)20-19(21)17-13(2)11-23-14(17)3/h6-9,11,16,18H,4-5,10H2,1-3H3,(H,20,21). The van der Waals surface area contributed by atoms with Crippen LogP contribution in [0.15, 0.2) is 34.9 Å². The predicted octanol–water partition coefficient (Wildman–Crippen LogP) is 3.85. The van der Waals surface area contributed by atoms with Gasteiger partial charge in [-0.2, -0.15) is 0 Å². The number of hydrogen-bond donors (Lipinski definition) is 1. The fraction of sp³-hybridized carbons (Fsp3) is 0.421. The van der Waals surface area contributed by atoms with E-state index < -0.39 is 0 Å². The maximum Gasteiger partial charge on any atom is 0.255 e. The van der Waals surface area contributed by atoms with E-state index >= 15 is 0 Å². The van der Waals surface area contributed by atoms with Gasteiger partial charge >= 0.3 is 0 Å². The Morgan fingerprint density at radius 2 is 1.91 bits per heavy atom. The summed E-state index contributed by atoms with van der Waals surface area (Å²) in [5.74, 6) is 0.574. The van der Waals surface area contributed by atoms with Gasteiger partial charge in [0.1, 0.15) is 11.9 Å². The number of rotatable bonds is 3. The van der Waals surface area contributed by atoms with Crippen molar-refractivity contribution in [3.8, 4) is 0 Å². The number of aryl methyl sites for hydroxylation is 3. The molecule has 2 unspecified atom stereocenters. The first-order chi connectivity index (χ1) is 11.1. The monoisotopic (exact) mass is 313 g/mol. The van der Waals surface area contributed by atoms with Crippen LogP contribution in [0, 0.1) is 20.8 Å². The minimum atomic E-state index is -0.0965. The zero-order valence-corrected chi connectivity index (χ0v) is 13.9. The van der Waals surface area contributed by atoms with Crippen LogP contribution in [0.2, 0.25) is 0 Å². The second-order valence-corrected chi connectivity index (χ2v) is 6.27. The van der Waals surface area contributed by atoms with Crippen molar-refractivity contribution in [2.45, 2.75) is 45.8 Å². The van der Waals surface area contributed by atoms with E-state index in [0.717, 1.165) is 30.6 Å². The van der Waals surface area contributed by atoms with E-state index in [1.54, 1.807) is 6.26 Å². The number of nitrogens with one attached hydrogen (secondary N) is 1. The van der Waals surface area contributed by atoms with Crippen LogP contribution in [0.3, 0.4) is 0 Å². The number of furan rings is 1. The largest absolute Gasteiger partial charge is 0.469 e. The fourth-order valence-corrected chi connectivity index (χ4v) is 3.17. The Kier molecular flexibility index (Phi) is 4.53. The van der Waals surface area contributed by atoms with Crippen LogP contribution in [0.25, 0.3) is 0 Å². The molecular formula is C19H23NO3. The molecule has 122 valence electrons. The average Bonchev–Trinajstić information content (AvgIpc) is 2.88. The molecule has 3 rings (SSSR count). The number of benzene rings is 1. The van der Waals surface area contributed by atoms with Crippen LogP contribution >= 0.6 is 0 Å². The summed E-state index contributed by atoms with van der Waals surface area (Å²) in [5.41, 5.74) is 3.83. The number of carbonyl (C=O) groups is 1. The summed E-state index contributed by atoms with van der Waals surface area (Å²) in [6, 6.07) is 8.30. The molecule has 4 heteroatoms. The summed E-state index contributed by atoms with van der Waals surface area (Å²) in [7, 11) is 0. The summed E-state index contributed by atoms with van der Waals surface area (Å²) >= 11 is 0. The molecule has 0 radical (unpaired) electrons. The van der Waals surface area contributed by atoms with Crippen molar-refractivity contribution in [2.75, 3.05) is 6.61 Å². The molecule has 1 aliphatic rings. The number of hydrogen-bond acceptors (Lipinski definition) is 3. The quantitative estimate of drug-likeness (QED) is 0.936. The Labute approximate surface area is 136 Å². The third-order valence-electron chi connectivity index (χ3n) is 4.43. The number of carbonyl (C=O) groups excluding carboxylic acids is 1. The molecule has 1 amide bonds. The van der Waals surface area contributed by atoms with Gasteiger partial charge in [-0.3, -0.25) is 4.79 Å². The van der Waals surface area contributed by atoms with Gasteiger partial charge in [-0.15, -0.1) is 0 Å². The number of ether oxygens (including phenoxy) is 1. The predicted molar refractivity (Wildman–Crippen MR) is 88.5 cm³/mol. The molecule has 1 N–H and O–H groups in total. The van der Waals surface area contributed by atoms with Gasteiger partial charge in [0.15, 0.2) is 0 Å². The average molecular weight is 313 g/mol. The van der Waals surface area contributed by atoms with Crippen molar-refractivity contribution in [3.63, 3.8) is 0 Å². The molecule has 0 spiro atoms. The topological polar surface area (TPSA) is 51.5 Å². The Morgan fingerprint density at radius 3 is 2.57 bits per heavy atom. The van der Waals surface area contributed by atoms with Crippen molar-refractivity contribution >= 4 is 5.91 Å². The van der Waals surface area contributed by atoms with Gasteiger partial charge in [-0.25, -0.2) is 0 Å². The van der Waals surface area contributed by atoms with E-state index in [4.69, 9.17) is 9.15 Å². The van der Waals surface area contributed by atoms with Gasteiger partial charge in [0.05, 0.1) is 17.9 Å². The molecule has 1 aromatic carbocycles. The molecule has 1 fully saturated rings. The van der Waals surface area contributed by atoms with Gasteiger partial charge in [0.2, 0.25) is 0 Å². The van der Waals surface area contributed by atoms with Crippen LogP contribution in [-0.4, -0.2) is 18.6 Å². The van der Waals surface area contributed by atoms with Crippen molar-refractivity contribution < 1.29 is 13.9 Å². The Bertz CT molecular complexity index is 668. The van der Waals surface area contributed by atoms with E-state index in [1.165, 1.54) is 5.56 Å². The van der Waals surface area contributed by atoms with Gasteiger partial charge in [0.25, 0.3) is 5.91 Å². The van der Waals surface area contributed by atoms with E-state index in [0.29, 0.717) is 11.3 Å². The van der Waals surface area contributed by atoms with E-state index in [9.17, 15) is 4.79 Å². The Balaban J connectivity index is 1.79. The van der Waals surface area contributed by atoms with Gasteiger partial charge in [-0.1, -0.05) is 29.8 Å². The lowest BCUT2D eigenvalue weighted by Crippen LogP contribution is -2.43. The molecule has 1 saturated heterocycles. The first kappa shape index (κ1) is 15.8. The lowest BCUT2D eigenvalue weighted by atomic mass is 9.95. The third-order valence-corrected chi connectivity index (χ3v) is 4.43. The van der Waals surface area contributed by atoms with Gasteiger partial charge in [0, 0.05) is 12.2 Å². The van der Waals surface area contributed by atoms with Gasteiger partial charge in [-0.05, 0) is 39.2 Å². The molecule has 23 heavy (non-hydrogen) atoms. The van der Waals surface area contributed by atoms with E-state index in [-0.39, 0.29) is 18.1 Å². The van der Waals surface area contributed by atoms with Crippen LogP contribution in [0.4, 0.5) is 0 Å². The SMILES string of the molecule is Cc1ccc(C2OCCCC2NC(=O)c2c(C)coc2C)cc1. The van der Waals surface area contributed by atoms with Crippen LogP contribution in [0.1, 0.15) is 51.8 Å². The molecule has 0 bridgehead atoms. The highest BCUT2D eigenvalue weighted by atomic mass is 16.5. The second-order valence-electron chi connectivity index (χ2n) is 6.27. The van der Waals surface area contributed by atoms with Gasteiger partial charge < -0.3 is 14.5 Å². The Morgan fingerprint density at radius 1 is 1.17 bits per heavy atom. The molecule has 2 atom stereocenters. The zero-order chi connectivity index (χ0) is 16.4. The molecule has 2 heterocycles. The molecule has 0 aliphatic carbocycles. The van der Waals surface area contributed by atoms with Crippen molar-refractivity contribution in [3.05, 3.63) is 58.5 Å². The van der Waals surface area contributed by atoms with Crippen molar-refractivity contribution in [1.82, 2.24) is 5.32 Å². The fourth-order valence-electron chi connectivity index (χ4n) is 3.17. The number of amides is 1. The van der Waals surface area contributed by atoms with Crippen LogP contribution < -0.4 is 5.32 Å². The maximum atomic E-state index is 12.6. The lowest BCUT2D eigenvalue weighted by Gasteiger charge is -2.32. The highest BCUT2D eigenvalue weighted by Crippen LogP contribution is 2.29. The smallest absolute Gasteiger partial charge is 0.255 e. The minimum absolute atomic E-state index is 0.0207. The summed E-state index contributed by atoms with van der Waals surface area (Å²) in [4.78, 5) is 12.6. The second kappa shape index (κ2) is 6.59. The summed E-state index contributed by atoms with van der Waals surface area (Å²) in [6.07, 6.45) is 3.40. The van der Waals surface area contributed by atoms with E-state index in [1.807, 2.05) is 13.8 Å². The maximum absolute atomic E-state index is 12.6. The minimum Gasteiger partial charge on any atom is -0.469 e. The third kappa shape index (κ3) is 3.32. The van der Waals surface area contributed by atoms with Crippen LogP contribution in [-0.2, 0) is 4.74 Å². The van der Waals surface area contributed by atoms with Crippen molar-refractivity contribution in [2.24, 2.45) is 0 Å². The highest BCUT2D eigenvalue weighted by molar-refractivity contribution is 5.96. The summed E-state index contributed by atoms with van der Waals surface area (Å²) in [6.45, 7) is 6.50. The van der Waals surface area contributed by atoms with Crippen LogP contribution in [0.5, 0.6) is 0 Å². The molecule has 1 aliphatic heterocycles. The first-order valence-electron chi connectivity index (χ1n) is 8.10. The molecule has 0 saturated carbocycles.